The quantitative estimate of drug-likeness (QED) is 0.704. The van der Waals surface area contributed by atoms with Crippen molar-refractivity contribution in [2.45, 2.75) is 52.6 Å². The summed E-state index contributed by atoms with van der Waals surface area (Å²) in [4.78, 5) is 16.8. The third-order valence-corrected chi connectivity index (χ3v) is 5.23. The molecule has 0 radical (unpaired) electrons. The van der Waals surface area contributed by atoms with Gasteiger partial charge < -0.3 is 9.88 Å². The first-order valence-corrected chi connectivity index (χ1v) is 9.99. The molecule has 0 saturated heterocycles. The van der Waals surface area contributed by atoms with Crippen LogP contribution in [-0.2, 0) is 6.54 Å². The van der Waals surface area contributed by atoms with Crippen LogP contribution in [0.3, 0.4) is 0 Å². The molecule has 1 fully saturated rings. The van der Waals surface area contributed by atoms with Crippen LogP contribution in [0.15, 0.2) is 47.7 Å². The first-order chi connectivity index (χ1) is 13.5. The molecule has 28 heavy (non-hydrogen) atoms. The molecule has 3 heterocycles. The number of hydrogen-bond donors (Lipinski definition) is 1. The predicted octanol–water partition coefficient (Wildman–Crippen LogP) is 4.02. The number of aryl methyl sites for hydroxylation is 1. The van der Waals surface area contributed by atoms with Gasteiger partial charge in [0.25, 0.3) is 5.56 Å². The Hall–Kier alpha value is -2.89. The lowest BCUT2D eigenvalue weighted by atomic mass is 9.93. The molecular formula is C22H27N5O. The van der Waals surface area contributed by atoms with Crippen molar-refractivity contribution in [1.29, 1.82) is 0 Å². The van der Waals surface area contributed by atoms with E-state index >= 15 is 0 Å². The Morgan fingerprint density at radius 2 is 2.00 bits per heavy atom. The lowest BCUT2D eigenvalue weighted by molar-refractivity contribution is 0.444. The molecule has 1 aliphatic carbocycles. The normalized spacial score (nSPS) is 14.3. The average molecular weight is 377 g/mol. The van der Waals surface area contributed by atoms with Crippen LogP contribution in [0, 0.1) is 12.8 Å². The van der Waals surface area contributed by atoms with Crippen LogP contribution < -0.4 is 10.9 Å². The molecule has 3 aromatic heterocycles. The maximum atomic E-state index is 12.1. The van der Waals surface area contributed by atoms with Gasteiger partial charge in [0.05, 0.1) is 11.9 Å². The maximum absolute atomic E-state index is 12.1. The minimum absolute atomic E-state index is 0.0134. The van der Waals surface area contributed by atoms with Gasteiger partial charge in [-0.1, -0.05) is 13.8 Å². The van der Waals surface area contributed by atoms with Crippen LogP contribution in [0.5, 0.6) is 0 Å². The molecule has 1 N–H and O–H groups in total. The highest BCUT2D eigenvalue weighted by Crippen LogP contribution is 2.26. The molecule has 0 bridgehead atoms. The first-order valence-electron chi connectivity index (χ1n) is 9.99. The fourth-order valence-corrected chi connectivity index (χ4v) is 3.50. The van der Waals surface area contributed by atoms with Crippen LogP contribution in [-0.4, -0.2) is 25.4 Å². The Labute approximate surface area is 165 Å². The van der Waals surface area contributed by atoms with Crippen molar-refractivity contribution in [3.05, 3.63) is 58.9 Å². The van der Waals surface area contributed by atoms with Crippen molar-refractivity contribution in [2.24, 2.45) is 5.92 Å². The highest BCUT2D eigenvalue weighted by Gasteiger charge is 2.17. The molecule has 1 saturated carbocycles. The van der Waals surface area contributed by atoms with Gasteiger partial charge in [-0.15, -0.1) is 0 Å². The van der Waals surface area contributed by atoms with Crippen LogP contribution in [0.4, 0.5) is 5.82 Å². The van der Waals surface area contributed by atoms with E-state index in [2.05, 4.69) is 30.3 Å². The van der Waals surface area contributed by atoms with E-state index in [1.807, 2.05) is 42.3 Å². The van der Waals surface area contributed by atoms with Gasteiger partial charge in [0.2, 0.25) is 0 Å². The SMILES string of the molecule is Cc1nc(NC2CCC2)ccc1-c1cnn(-c2ccc(=O)n(CC(C)C)c2)c1. The van der Waals surface area contributed by atoms with Gasteiger partial charge in [0, 0.05) is 47.9 Å². The fourth-order valence-electron chi connectivity index (χ4n) is 3.50. The van der Waals surface area contributed by atoms with Crippen LogP contribution in [0.1, 0.15) is 38.8 Å². The van der Waals surface area contributed by atoms with Crippen molar-refractivity contribution in [3.63, 3.8) is 0 Å². The molecule has 0 spiro atoms. The van der Waals surface area contributed by atoms with E-state index in [0.29, 0.717) is 18.5 Å². The number of nitrogens with one attached hydrogen (secondary N) is 1. The second-order valence-corrected chi connectivity index (χ2v) is 8.05. The second kappa shape index (κ2) is 7.62. The van der Waals surface area contributed by atoms with E-state index in [-0.39, 0.29) is 5.56 Å². The summed E-state index contributed by atoms with van der Waals surface area (Å²) in [5.41, 5.74) is 3.95. The summed E-state index contributed by atoms with van der Waals surface area (Å²) in [7, 11) is 0. The molecule has 1 aliphatic rings. The first kappa shape index (κ1) is 18.5. The van der Waals surface area contributed by atoms with E-state index < -0.39 is 0 Å². The maximum Gasteiger partial charge on any atom is 0.250 e. The Morgan fingerprint density at radius 3 is 2.68 bits per heavy atom. The summed E-state index contributed by atoms with van der Waals surface area (Å²) < 4.78 is 3.56. The average Bonchev–Trinajstić information content (AvgIpc) is 3.09. The van der Waals surface area contributed by atoms with Crippen molar-refractivity contribution < 1.29 is 0 Å². The molecule has 0 aliphatic heterocycles. The van der Waals surface area contributed by atoms with Crippen molar-refractivity contribution in [3.8, 4) is 16.8 Å². The van der Waals surface area contributed by atoms with E-state index in [1.54, 1.807) is 10.6 Å². The number of aromatic nitrogens is 4. The molecule has 6 heteroatoms. The smallest absolute Gasteiger partial charge is 0.250 e. The number of nitrogens with zero attached hydrogens (tertiary/aromatic N) is 4. The zero-order valence-electron chi connectivity index (χ0n) is 16.7. The Balaban J connectivity index is 1.58. The fraction of sp³-hybridized carbons (Fsp3) is 0.409. The molecule has 0 aromatic carbocycles. The Kier molecular flexibility index (Phi) is 5.03. The molecular weight excluding hydrogens is 350 g/mol. The third-order valence-electron chi connectivity index (χ3n) is 5.23. The highest BCUT2D eigenvalue weighted by atomic mass is 16.1. The van der Waals surface area contributed by atoms with Gasteiger partial charge in [0.15, 0.2) is 0 Å². The van der Waals surface area contributed by atoms with Gasteiger partial charge in [-0.05, 0) is 50.3 Å². The van der Waals surface area contributed by atoms with Crippen LogP contribution in [0.25, 0.3) is 16.8 Å². The van der Waals surface area contributed by atoms with Crippen molar-refractivity contribution in [2.75, 3.05) is 5.32 Å². The molecule has 6 nitrogen and oxygen atoms in total. The second-order valence-electron chi connectivity index (χ2n) is 8.05. The summed E-state index contributed by atoms with van der Waals surface area (Å²) in [6, 6.07) is 8.13. The molecule has 3 aromatic rings. The largest absolute Gasteiger partial charge is 0.367 e. The van der Waals surface area contributed by atoms with Gasteiger partial charge in [-0.25, -0.2) is 9.67 Å². The van der Waals surface area contributed by atoms with E-state index in [1.165, 1.54) is 19.3 Å². The lowest BCUT2D eigenvalue weighted by Crippen LogP contribution is -2.27. The molecule has 4 rings (SSSR count). The van der Waals surface area contributed by atoms with E-state index in [4.69, 9.17) is 4.98 Å². The minimum Gasteiger partial charge on any atom is -0.367 e. The zero-order valence-corrected chi connectivity index (χ0v) is 16.7. The predicted molar refractivity (Wildman–Crippen MR) is 112 cm³/mol. The zero-order chi connectivity index (χ0) is 19.7. The van der Waals surface area contributed by atoms with Gasteiger partial charge in [-0.3, -0.25) is 4.79 Å². The molecule has 0 atom stereocenters. The van der Waals surface area contributed by atoms with Gasteiger partial charge in [-0.2, -0.15) is 5.10 Å². The summed E-state index contributed by atoms with van der Waals surface area (Å²) >= 11 is 0. The van der Waals surface area contributed by atoms with Gasteiger partial charge in [0.1, 0.15) is 5.82 Å². The van der Waals surface area contributed by atoms with Crippen molar-refractivity contribution >= 4 is 5.82 Å². The topological polar surface area (TPSA) is 64.7 Å². The van der Waals surface area contributed by atoms with Crippen LogP contribution in [0.2, 0.25) is 0 Å². The third kappa shape index (κ3) is 3.86. The highest BCUT2D eigenvalue weighted by molar-refractivity contribution is 5.66. The molecule has 0 amide bonds. The summed E-state index contributed by atoms with van der Waals surface area (Å²) in [5, 5.41) is 8.00. The monoisotopic (exact) mass is 377 g/mol. The summed E-state index contributed by atoms with van der Waals surface area (Å²) in [6.45, 7) is 6.93. The number of anilines is 1. The molecule has 0 unspecified atom stereocenters. The number of hydrogen-bond acceptors (Lipinski definition) is 4. The summed E-state index contributed by atoms with van der Waals surface area (Å²) in [5.74, 6) is 1.35. The standard InChI is InChI=1S/C22H27N5O/c1-15(2)12-26-14-19(7-10-22(26)28)27-13-17(11-23-27)20-8-9-21(24-16(20)3)25-18-5-4-6-18/h7-11,13-15,18H,4-6,12H2,1-3H3,(H,24,25). The number of pyridine rings is 2. The molecule has 146 valence electrons. The van der Waals surface area contributed by atoms with E-state index in [9.17, 15) is 4.79 Å². The van der Waals surface area contributed by atoms with Crippen molar-refractivity contribution in [1.82, 2.24) is 19.3 Å². The number of rotatable bonds is 6. The Morgan fingerprint density at radius 1 is 1.18 bits per heavy atom. The van der Waals surface area contributed by atoms with E-state index in [0.717, 1.165) is 28.3 Å². The minimum atomic E-state index is 0.0134. The summed E-state index contributed by atoms with van der Waals surface area (Å²) in [6.07, 6.45) is 9.47. The van der Waals surface area contributed by atoms with Gasteiger partial charge >= 0.3 is 0 Å². The Bertz CT molecular complexity index is 1030. The lowest BCUT2D eigenvalue weighted by Gasteiger charge is -2.27. The van der Waals surface area contributed by atoms with Crippen LogP contribution >= 0.6 is 0 Å².